The monoisotopic (exact) mass is 361 g/mol. The van der Waals surface area contributed by atoms with Crippen LogP contribution in [0.4, 0.5) is 15.0 Å². The maximum Gasteiger partial charge on any atom is 0.330 e. The van der Waals surface area contributed by atoms with E-state index in [0.717, 1.165) is 23.9 Å². The Labute approximate surface area is 148 Å². The molecule has 0 aliphatic carbocycles. The van der Waals surface area contributed by atoms with Crippen LogP contribution >= 0.6 is 11.9 Å². The van der Waals surface area contributed by atoms with Crippen molar-refractivity contribution < 1.29 is 13.9 Å². The van der Waals surface area contributed by atoms with Gasteiger partial charge in [-0.3, -0.25) is 10.0 Å². The Balaban J connectivity index is 1.98. The summed E-state index contributed by atoms with van der Waals surface area (Å²) in [6, 6.07) is 8.22. The second-order valence-corrected chi connectivity index (χ2v) is 5.76. The molecule has 1 aromatic carbocycles. The third kappa shape index (κ3) is 5.93. The number of halogens is 1. The van der Waals surface area contributed by atoms with Gasteiger partial charge in [-0.05, 0) is 36.1 Å². The number of carbonyl (C=O) groups is 1. The predicted octanol–water partition coefficient (Wildman–Crippen LogP) is 3.25. The molecular weight excluding hydrogens is 345 g/mol. The van der Waals surface area contributed by atoms with E-state index in [9.17, 15) is 9.18 Å². The number of ether oxygens (including phenoxy) is 1. The summed E-state index contributed by atoms with van der Waals surface area (Å²) in [6.45, 7) is 2.09. The van der Waals surface area contributed by atoms with E-state index in [0.29, 0.717) is 5.56 Å². The van der Waals surface area contributed by atoms with Crippen LogP contribution in [0, 0.1) is 17.1 Å². The van der Waals surface area contributed by atoms with E-state index in [1.165, 1.54) is 11.9 Å². The zero-order valence-electron chi connectivity index (χ0n) is 13.5. The van der Waals surface area contributed by atoms with Gasteiger partial charge < -0.3 is 4.74 Å². The Morgan fingerprint density at radius 2 is 2.32 bits per heavy atom. The van der Waals surface area contributed by atoms with Crippen molar-refractivity contribution in [2.45, 2.75) is 20.0 Å². The van der Waals surface area contributed by atoms with E-state index in [1.54, 1.807) is 24.3 Å². The molecule has 0 unspecified atom stereocenters. The highest BCUT2D eigenvalue weighted by Crippen LogP contribution is 2.15. The van der Waals surface area contributed by atoms with Crippen LogP contribution < -0.4 is 14.8 Å². The van der Waals surface area contributed by atoms with Gasteiger partial charge in [-0.2, -0.15) is 10.2 Å². The Bertz CT molecular complexity index is 781. The molecule has 0 fully saturated rings. The predicted molar refractivity (Wildman–Crippen MR) is 92.4 cm³/mol. The van der Waals surface area contributed by atoms with Crippen LogP contribution in [-0.4, -0.2) is 21.8 Å². The number of anilines is 1. The molecule has 0 saturated carbocycles. The molecule has 2 aromatic rings. The molecular formula is C16H16FN5O2S. The molecule has 2 rings (SSSR count). The number of nitrogens with one attached hydrogen (secondary N) is 2. The molecule has 7 nitrogen and oxygen atoms in total. The van der Waals surface area contributed by atoms with E-state index < -0.39 is 11.8 Å². The van der Waals surface area contributed by atoms with Crippen LogP contribution in [-0.2, 0) is 6.61 Å². The summed E-state index contributed by atoms with van der Waals surface area (Å²) in [4.78, 5) is 19.2. The van der Waals surface area contributed by atoms with Crippen LogP contribution in [0.5, 0.6) is 6.01 Å². The zero-order chi connectivity index (χ0) is 18.1. The SMILES string of the molecule is CCCSNC(=O)Nc1nc(OCc2cccc(C#N)c2)ncc1F. The van der Waals surface area contributed by atoms with Crippen LogP contribution in [0.3, 0.4) is 0 Å². The lowest BCUT2D eigenvalue weighted by Gasteiger charge is -2.09. The number of amides is 2. The number of nitriles is 1. The number of rotatable bonds is 7. The van der Waals surface area contributed by atoms with Crippen molar-refractivity contribution in [3.05, 3.63) is 47.4 Å². The summed E-state index contributed by atoms with van der Waals surface area (Å²) in [6.07, 6.45) is 1.82. The first kappa shape index (κ1) is 18.5. The highest BCUT2D eigenvalue weighted by molar-refractivity contribution is 7.97. The van der Waals surface area contributed by atoms with Crippen LogP contribution in [0.25, 0.3) is 0 Å². The molecule has 0 atom stereocenters. The zero-order valence-corrected chi connectivity index (χ0v) is 14.3. The molecule has 25 heavy (non-hydrogen) atoms. The van der Waals surface area contributed by atoms with Gasteiger partial charge in [0.1, 0.15) is 6.61 Å². The van der Waals surface area contributed by atoms with Crippen molar-refractivity contribution in [2.24, 2.45) is 0 Å². The molecule has 0 radical (unpaired) electrons. The van der Waals surface area contributed by atoms with Gasteiger partial charge >= 0.3 is 12.0 Å². The van der Waals surface area contributed by atoms with Crippen molar-refractivity contribution in [1.82, 2.24) is 14.7 Å². The number of carbonyl (C=O) groups excluding carboxylic acids is 1. The smallest absolute Gasteiger partial charge is 0.330 e. The molecule has 130 valence electrons. The average Bonchev–Trinajstić information content (AvgIpc) is 2.63. The molecule has 0 saturated heterocycles. The van der Waals surface area contributed by atoms with Gasteiger partial charge in [-0.1, -0.05) is 19.1 Å². The van der Waals surface area contributed by atoms with E-state index in [4.69, 9.17) is 10.00 Å². The number of benzene rings is 1. The molecule has 2 N–H and O–H groups in total. The van der Waals surface area contributed by atoms with E-state index in [2.05, 4.69) is 20.0 Å². The average molecular weight is 361 g/mol. The van der Waals surface area contributed by atoms with Crippen molar-refractivity contribution in [3.63, 3.8) is 0 Å². The number of nitrogens with zero attached hydrogens (tertiary/aromatic N) is 3. The van der Waals surface area contributed by atoms with Crippen molar-refractivity contribution in [3.8, 4) is 12.1 Å². The standard InChI is InChI=1S/C16H16FN5O2S/c1-2-6-25-22-15(23)20-14-13(17)9-19-16(21-14)24-10-12-5-3-4-11(7-12)8-18/h3-5,7,9H,2,6,10H2,1H3,(H2,19,20,21,22,23). The van der Waals surface area contributed by atoms with Gasteiger partial charge in [0, 0.05) is 5.75 Å². The third-order valence-corrected chi connectivity index (χ3v) is 3.79. The van der Waals surface area contributed by atoms with E-state index in [1.807, 2.05) is 13.0 Å². The Kier molecular flexibility index (Phi) is 6.98. The first-order valence-electron chi connectivity index (χ1n) is 7.45. The summed E-state index contributed by atoms with van der Waals surface area (Å²) in [5.41, 5.74) is 1.25. The van der Waals surface area contributed by atoms with Gasteiger partial charge in [0.15, 0.2) is 11.6 Å². The van der Waals surface area contributed by atoms with Crippen LogP contribution in [0.2, 0.25) is 0 Å². The quantitative estimate of drug-likeness (QED) is 0.580. The minimum atomic E-state index is -0.769. The highest BCUT2D eigenvalue weighted by atomic mass is 32.2. The maximum absolute atomic E-state index is 13.7. The molecule has 2 amide bonds. The summed E-state index contributed by atoms with van der Waals surface area (Å²) < 4.78 is 21.6. The number of hydrogen-bond acceptors (Lipinski definition) is 6. The first-order chi connectivity index (χ1) is 12.1. The van der Waals surface area contributed by atoms with E-state index in [-0.39, 0.29) is 18.4 Å². The number of aromatic nitrogens is 2. The minimum absolute atomic E-state index is 0.0831. The van der Waals surface area contributed by atoms with Crippen molar-refractivity contribution in [1.29, 1.82) is 5.26 Å². The summed E-state index contributed by atoms with van der Waals surface area (Å²) in [7, 11) is 0. The topological polar surface area (TPSA) is 99.9 Å². The fraction of sp³-hybridized carbons (Fsp3) is 0.250. The Morgan fingerprint density at radius 3 is 3.08 bits per heavy atom. The fourth-order valence-corrected chi connectivity index (χ4v) is 2.23. The number of urea groups is 1. The Morgan fingerprint density at radius 1 is 1.48 bits per heavy atom. The molecule has 0 aliphatic rings. The second kappa shape index (κ2) is 9.44. The summed E-state index contributed by atoms with van der Waals surface area (Å²) >= 11 is 1.22. The maximum atomic E-state index is 13.7. The molecule has 0 bridgehead atoms. The first-order valence-corrected chi connectivity index (χ1v) is 8.44. The second-order valence-electron chi connectivity index (χ2n) is 4.85. The van der Waals surface area contributed by atoms with Crippen molar-refractivity contribution >= 4 is 23.8 Å². The highest BCUT2D eigenvalue weighted by Gasteiger charge is 2.11. The molecule has 1 aromatic heterocycles. The van der Waals surface area contributed by atoms with E-state index >= 15 is 0 Å². The normalized spacial score (nSPS) is 9.96. The summed E-state index contributed by atoms with van der Waals surface area (Å²) in [5, 5.41) is 11.2. The Hall–Kier alpha value is -2.86. The molecule has 9 heteroatoms. The van der Waals surface area contributed by atoms with Gasteiger partial charge in [-0.15, -0.1) is 0 Å². The third-order valence-electron chi connectivity index (χ3n) is 2.85. The lowest BCUT2D eigenvalue weighted by Crippen LogP contribution is -2.24. The fourth-order valence-electron chi connectivity index (χ4n) is 1.74. The van der Waals surface area contributed by atoms with Gasteiger partial charge in [0.2, 0.25) is 0 Å². The molecule has 0 spiro atoms. The van der Waals surface area contributed by atoms with Gasteiger partial charge in [-0.25, -0.2) is 14.2 Å². The lowest BCUT2D eigenvalue weighted by molar-refractivity contribution is 0.256. The summed E-state index contributed by atoms with van der Waals surface area (Å²) in [5.74, 6) is -0.296. The van der Waals surface area contributed by atoms with Gasteiger partial charge in [0.05, 0.1) is 17.8 Å². The van der Waals surface area contributed by atoms with Crippen LogP contribution in [0.15, 0.2) is 30.5 Å². The van der Waals surface area contributed by atoms with Crippen molar-refractivity contribution in [2.75, 3.05) is 11.1 Å². The lowest BCUT2D eigenvalue weighted by atomic mass is 10.1. The minimum Gasteiger partial charge on any atom is -0.459 e. The number of hydrogen-bond donors (Lipinski definition) is 2. The molecule has 0 aliphatic heterocycles. The largest absolute Gasteiger partial charge is 0.459 e. The van der Waals surface area contributed by atoms with Gasteiger partial charge in [0.25, 0.3) is 0 Å². The molecule has 1 heterocycles. The van der Waals surface area contributed by atoms with Crippen LogP contribution in [0.1, 0.15) is 24.5 Å².